The van der Waals surface area contributed by atoms with Gasteiger partial charge in [0.05, 0.1) is 23.2 Å². The third kappa shape index (κ3) is 4.86. The summed E-state index contributed by atoms with van der Waals surface area (Å²) in [4.78, 5) is 27.3. The molecule has 0 unspecified atom stereocenters. The lowest BCUT2D eigenvalue weighted by atomic mass is 10.0. The number of hydrogen-bond acceptors (Lipinski definition) is 2. The first-order chi connectivity index (χ1) is 16.0. The minimum absolute atomic E-state index is 0.0231. The zero-order chi connectivity index (χ0) is 23.4. The Balaban J connectivity index is 1.84. The highest BCUT2D eigenvalue weighted by atomic mass is 127. The number of anilines is 1. The number of amides is 1. The molecule has 0 bridgehead atoms. The molecule has 5 heteroatoms. The molecule has 0 saturated heterocycles. The highest BCUT2D eigenvalue weighted by Crippen LogP contribution is 2.28. The molecule has 0 aliphatic rings. The number of likely N-dealkylation sites (N-methyl/N-ethyl adjacent to an activating group) is 1. The Kier molecular flexibility index (Phi) is 6.95. The lowest BCUT2D eigenvalue weighted by Crippen LogP contribution is -2.29. The quantitative estimate of drug-likeness (QED) is 0.260. The number of benzene rings is 3. The van der Waals surface area contributed by atoms with Crippen molar-refractivity contribution in [1.82, 2.24) is 4.57 Å². The average molecular weight is 546 g/mol. The standard InChI is InChI=1S/C28H23IN2O2/c1-3-31-26-17-16-25(30(2)28(33)19-21-11-7-8-12-24(21)29)22(23(26)15-18-27(31)32)14-13-20-9-5-4-6-10-20/h4-12,15-18H,3,19H2,1-2H3. The van der Waals surface area contributed by atoms with Gasteiger partial charge in [0.2, 0.25) is 5.91 Å². The third-order valence-corrected chi connectivity index (χ3v) is 6.66. The van der Waals surface area contributed by atoms with Crippen molar-refractivity contribution in [2.24, 2.45) is 0 Å². The van der Waals surface area contributed by atoms with Gasteiger partial charge >= 0.3 is 0 Å². The maximum Gasteiger partial charge on any atom is 0.251 e. The van der Waals surface area contributed by atoms with E-state index < -0.39 is 0 Å². The molecular weight excluding hydrogens is 523 g/mol. The molecule has 0 radical (unpaired) electrons. The largest absolute Gasteiger partial charge is 0.314 e. The Morgan fingerprint density at radius 2 is 1.67 bits per heavy atom. The van der Waals surface area contributed by atoms with E-state index in [0.29, 0.717) is 13.0 Å². The highest BCUT2D eigenvalue weighted by Gasteiger charge is 2.18. The molecule has 1 heterocycles. The van der Waals surface area contributed by atoms with E-state index in [-0.39, 0.29) is 11.5 Å². The van der Waals surface area contributed by atoms with Crippen LogP contribution in [0.25, 0.3) is 10.9 Å². The summed E-state index contributed by atoms with van der Waals surface area (Å²) >= 11 is 2.26. The van der Waals surface area contributed by atoms with Crippen molar-refractivity contribution in [3.8, 4) is 11.8 Å². The molecule has 1 aromatic heterocycles. The molecule has 0 fully saturated rings. The SMILES string of the molecule is CCn1c(=O)ccc2c(C#Cc3ccccc3)c(N(C)C(=O)Cc3ccccc3I)ccc21. The zero-order valence-electron chi connectivity index (χ0n) is 18.5. The van der Waals surface area contributed by atoms with Crippen LogP contribution in [0.2, 0.25) is 0 Å². The molecule has 0 aliphatic heterocycles. The van der Waals surface area contributed by atoms with Crippen molar-refractivity contribution < 1.29 is 4.79 Å². The number of aromatic nitrogens is 1. The van der Waals surface area contributed by atoms with E-state index in [1.807, 2.05) is 73.7 Å². The molecule has 4 nitrogen and oxygen atoms in total. The van der Waals surface area contributed by atoms with Crippen LogP contribution in [0.4, 0.5) is 5.69 Å². The van der Waals surface area contributed by atoms with Gasteiger partial charge in [-0.3, -0.25) is 9.59 Å². The lowest BCUT2D eigenvalue weighted by Gasteiger charge is -2.21. The maximum absolute atomic E-state index is 13.2. The molecule has 0 saturated carbocycles. The summed E-state index contributed by atoms with van der Waals surface area (Å²) in [7, 11) is 1.78. The molecular formula is C28H23IN2O2. The van der Waals surface area contributed by atoms with Crippen LogP contribution < -0.4 is 10.5 Å². The normalized spacial score (nSPS) is 10.5. The van der Waals surface area contributed by atoms with Crippen molar-refractivity contribution >= 4 is 45.1 Å². The number of halogens is 1. The van der Waals surface area contributed by atoms with Crippen LogP contribution in [0.5, 0.6) is 0 Å². The number of hydrogen-bond donors (Lipinski definition) is 0. The summed E-state index contributed by atoms with van der Waals surface area (Å²) in [5.74, 6) is 6.49. The second-order valence-electron chi connectivity index (χ2n) is 7.65. The number of carbonyl (C=O) groups is 1. The van der Waals surface area contributed by atoms with Crippen molar-refractivity contribution in [2.45, 2.75) is 19.9 Å². The molecule has 0 N–H and O–H groups in total. The van der Waals surface area contributed by atoms with E-state index >= 15 is 0 Å². The molecule has 1 amide bonds. The van der Waals surface area contributed by atoms with Crippen LogP contribution in [-0.4, -0.2) is 17.5 Å². The van der Waals surface area contributed by atoms with Gasteiger partial charge in [-0.15, -0.1) is 0 Å². The second-order valence-corrected chi connectivity index (χ2v) is 8.81. The van der Waals surface area contributed by atoms with E-state index in [0.717, 1.165) is 36.9 Å². The fourth-order valence-corrected chi connectivity index (χ4v) is 4.39. The van der Waals surface area contributed by atoms with Crippen molar-refractivity contribution in [3.63, 3.8) is 0 Å². The fraction of sp³-hybridized carbons (Fsp3) is 0.143. The summed E-state index contributed by atoms with van der Waals surface area (Å²) in [5, 5.41) is 0.853. The maximum atomic E-state index is 13.2. The number of carbonyl (C=O) groups excluding carboxylic acids is 1. The molecule has 164 valence electrons. The molecule has 0 aliphatic carbocycles. The van der Waals surface area contributed by atoms with Gasteiger partial charge in [-0.25, -0.2) is 0 Å². The van der Waals surface area contributed by atoms with Crippen molar-refractivity contribution in [1.29, 1.82) is 0 Å². The van der Waals surface area contributed by atoms with Gasteiger partial charge in [0.15, 0.2) is 0 Å². The second kappa shape index (κ2) is 10.1. The summed E-state index contributed by atoms with van der Waals surface area (Å²) < 4.78 is 2.78. The van der Waals surface area contributed by atoms with Gasteiger partial charge in [-0.1, -0.05) is 48.2 Å². The summed E-state index contributed by atoms with van der Waals surface area (Å²) in [6, 6.07) is 24.8. The number of fused-ring (bicyclic) bond motifs is 1. The molecule has 33 heavy (non-hydrogen) atoms. The minimum Gasteiger partial charge on any atom is -0.314 e. The summed E-state index contributed by atoms with van der Waals surface area (Å²) in [6.07, 6.45) is 0.299. The van der Waals surface area contributed by atoms with Gasteiger partial charge in [0, 0.05) is 34.2 Å². The number of nitrogens with zero attached hydrogens (tertiary/aromatic N) is 2. The van der Waals surface area contributed by atoms with E-state index in [1.165, 1.54) is 0 Å². The first-order valence-electron chi connectivity index (χ1n) is 10.7. The van der Waals surface area contributed by atoms with Crippen molar-refractivity contribution in [2.75, 3.05) is 11.9 Å². The number of aryl methyl sites for hydroxylation is 1. The van der Waals surface area contributed by atoms with E-state index in [1.54, 1.807) is 28.6 Å². The number of rotatable bonds is 4. The molecule has 3 aromatic carbocycles. The lowest BCUT2D eigenvalue weighted by molar-refractivity contribution is -0.117. The van der Waals surface area contributed by atoms with Crippen LogP contribution in [0, 0.1) is 15.4 Å². The first-order valence-corrected chi connectivity index (χ1v) is 11.8. The van der Waals surface area contributed by atoms with Crippen molar-refractivity contribution in [3.05, 3.63) is 109 Å². The average Bonchev–Trinajstić information content (AvgIpc) is 2.84. The smallest absolute Gasteiger partial charge is 0.251 e. The Labute approximate surface area is 207 Å². The van der Waals surface area contributed by atoms with Crippen LogP contribution >= 0.6 is 22.6 Å². The third-order valence-electron chi connectivity index (χ3n) is 5.61. The minimum atomic E-state index is -0.0530. The summed E-state index contributed by atoms with van der Waals surface area (Å²) in [6.45, 7) is 2.50. The topological polar surface area (TPSA) is 42.3 Å². The fourth-order valence-electron chi connectivity index (χ4n) is 3.82. The summed E-state index contributed by atoms with van der Waals surface area (Å²) in [5.41, 5.74) is 4.09. The predicted molar refractivity (Wildman–Crippen MR) is 143 cm³/mol. The Morgan fingerprint density at radius 1 is 0.939 bits per heavy atom. The first kappa shape index (κ1) is 22.8. The monoisotopic (exact) mass is 546 g/mol. The van der Waals surface area contributed by atoms with Gasteiger partial charge in [-0.2, -0.15) is 0 Å². The van der Waals surface area contributed by atoms with E-state index in [2.05, 4.69) is 34.4 Å². The Hall–Kier alpha value is -3.37. The molecule has 0 atom stereocenters. The zero-order valence-corrected chi connectivity index (χ0v) is 20.7. The van der Waals surface area contributed by atoms with E-state index in [9.17, 15) is 9.59 Å². The molecule has 4 rings (SSSR count). The Morgan fingerprint density at radius 3 is 2.39 bits per heavy atom. The van der Waals surface area contributed by atoms with E-state index in [4.69, 9.17) is 0 Å². The van der Waals surface area contributed by atoms with Gasteiger partial charge < -0.3 is 9.47 Å². The van der Waals surface area contributed by atoms with Gasteiger partial charge in [-0.05, 0) is 71.5 Å². The Bertz CT molecular complexity index is 1450. The van der Waals surface area contributed by atoms with Gasteiger partial charge in [0.1, 0.15) is 0 Å². The highest BCUT2D eigenvalue weighted by molar-refractivity contribution is 14.1. The van der Waals surface area contributed by atoms with Crippen LogP contribution in [0.15, 0.2) is 83.7 Å². The van der Waals surface area contributed by atoms with Crippen LogP contribution in [0.3, 0.4) is 0 Å². The number of pyridine rings is 1. The predicted octanol–water partition coefficient (Wildman–Crippen LogP) is 5.23. The van der Waals surface area contributed by atoms with Crippen LogP contribution in [0.1, 0.15) is 23.6 Å². The van der Waals surface area contributed by atoms with Crippen LogP contribution in [-0.2, 0) is 17.8 Å². The van der Waals surface area contributed by atoms with Gasteiger partial charge in [0.25, 0.3) is 5.56 Å². The molecule has 0 spiro atoms. The molecule has 4 aromatic rings.